The molecule has 21 heavy (non-hydrogen) atoms. The number of H-pyrrole nitrogens is 1. The third kappa shape index (κ3) is 2.47. The molecule has 3 aliphatic rings. The summed E-state index contributed by atoms with van der Waals surface area (Å²) in [5, 5.41) is 10.2. The second kappa shape index (κ2) is 5.04. The molecular weight excluding hydrogens is 264 g/mol. The molecule has 0 radical (unpaired) electrons. The molecule has 2 atom stereocenters. The van der Waals surface area contributed by atoms with Crippen LogP contribution in [0.15, 0.2) is 30.3 Å². The van der Waals surface area contributed by atoms with E-state index in [1.54, 1.807) is 0 Å². The second-order valence-electron chi connectivity index (χ2n) is 6.15. The van der Waals surface area contributed by atoms with Gasteiger partial charge in [0.15, 0.2) is 0 Å². The summed E-state index contributed by atoms with van der Waals surface area (Å²) in [6.45, 7) is 3.33. The van der Waals surface area contributed by atoms with Gasteiger partial charge in [-0.15, -0.1) is 5.10 Å². The third-order valence-corrected chi connectivity index (χ3v) is 4.65. The number of nitrogens with one attached hydrogen (secondary N) is 2. The highest BCUT2D eigenvalue weighted by Crippen LogP contribution is 2.41. The number of benzene rings is 1. The molecule has 0 spiro atoms. The van der Waals surface area contributed by atoms with Gasteiger partial charge in [-0.2, -0.15) is 4.98 Å². The first-order valence-electron chi connectivity index (χ1n) is 7.48. The number of piperidine rings is 2. The fourth-order valence-corrected chi connectivity index (χ4v) is 3.68. The molecule has 1 saturated carbocycles. The maximum Gasteiger partial charge on any atom is 0.243 e. The zero-order valence-corrected chi connectivity index (χ0v) is 11.9. The monoisotopic (exact) mass is 284 g/mol. The average molecular weight is 284 g/mol. The van der Waals surface area contributed by atoms with Crippen LogP contribution in [0.1, 0.15) is 12.0 Å². The molecule has 2 aliphatic heterocycles. The first kappa shape index (κ1) is 12.6. The number of nitrogens with two attached hydrogens (primary N) is 1. The van der Waals surface area contributed by atoms with Crippen LogP contribution >= 0.6 is 0 Å². The van der Waals surface area contributed by atoms with Crippen molar-refractivity contribution in [3.05, 3.63) is 35.9 Å². The number of hydrogen-bond donors (Lipinski definition) is 3. The lowest BCUT2D eigenvalue weighted by Crippen LogP contribution is -2.60. The lowest BCUT2D eigenvalue weighted by atomic mass is 9.66. The smallest absolute Gasteiger partial charge is 0.243 e. The van der Waals surface area contributed by atoms with E-state index < -0.39 is 0 Å². The Bertz CT molecular complexity index is 598. The highest BCUT2D eigenvalue weighted by atomic mass is 15.3. The lowest BCUT2D eigenvalue weighted by molar-refractivity contribution is 0.00721. The Balaban J connectivity index is 1.35. The minimum Gasteiger partial charge on any atom is -0.368 e. The number of anilines is 2. The van der Waals surface area contributed by atoms with Crippen molar-refractivity contribution in [1.29, 1.82) is 0 Å². The molecule has 2 bridgehead atoms. The minimum absolute atomic E-state index is 0.368. The summed E-state index contributed by atoms with van der Waals surface area (Å²) >= 11 is 0. The number of nitrogen functional groups attached to an aromatic ring is 1. The van der Waals surface area contributed by atoms with Crippen LogP contribution in [0.25, 0.3) is 0 Å². The zero-order valence-electron chi connectivity index (χ0n) is 11.9. The van der Waals surface area contributed by atoms with Crippen LogP contribution in [0.5, 0.6) is 0 Å². The van der Waals surface area contributed by atoms with E-state index in [1.165, 1.54) is 12.0 Å². The Morgan fingerprint density at radius 3 is 2.67 bits per heavy atom. The van der Waals surface area contributed by atoms with E-state index in [0.717, 1.165) is 19.6 Å². The number of hydrogen-bond acceptors (Lipinski definition) is 5. The van der Waals surface area contributed by atoms with Crippen molar-refractivity contribution in [2.45, 2.75) is 19.0 Å². The van der Waals surface area contributed by atoms with Gasteiger partial charge in [-0.1, -0.05) is 30.3 Å². The van der Waals surface area contributed by atoms with Crippen molar-refractivity contribution in [2.75, 3.05) is 24.1 Å². The molecule has 2 saturated heterocycles. The standard InChI is InChI=1S/C15H20N6/c16-14-18-15(20-19-14)17-13-11-6-12(13)9-21(8-11)7-10-4-2-1-3-5-10/h1-5,11-13H,6-9H2,(H4,16,17,18,19,20). The largest absolute Gasteiger partial charge is 0.368 e. The molecule has 2 aromatic rings. The van der Waals surface area contributed by atoms with Gasteiger partial charge in [0.1, 0.15) is 0 Å². The number of aromatic nitrogens is 3. The molecule has 3 heterocycles. The van der Waals surface area contributed by atoms with E-state index in [0.29, 0.717) is 29.8 Å². The van der Waals surface area contributed by atoms with E-state index in [1.807, 2.05) is 0 Å². The predicted octanol–water partition coefficient (Wildman–Crippen LogP) is 1.32. The number of aromatic amines is 1. The Hall–Kier alpha value is -2.08. The van der Waals surface area contributed by atoms with Crippen LogP contribution in [-0.4, -0.2) is 39.2 Å². The summed E-state index contributed by atoms with van der Waals surface area (Å²) in [7, 11) is 0. The minimum atomic E-state index is 0.368. The molecule has 2 unspecified atom stereocenters. The molecule has 1 aromatic carbocycles. The van der Waals surface area contributed by atoms with Crippen molar-refractivity contribution >= 4 is 11.9 Å². The Morgan fingerprint density at radius 2 is 2.00 bits per heavy atom. The van der Waals surface area contributed by atoms with Crippen LogP contribution in [0.4, 0.5) is 11.9 Å². The summed E-state index contributed by atoms with van der Waals surface area (Å²) in [5.74, 6) is 2.37. The summed E-state index contributed by atoms with van der Waals surface area (Å²) in [5.41, 5.74) is 6.95. The maximum absolute atomic E-state index is 5.56. The van der Waals surface area contributed by atoms with Crippen LogP contribution in [-0.2, 0) is 6.54 Å². The van der Waals surface area contributed by atoms with Gasteiger partial charge in [-0.3, -0.25) is 4.90 Å². The first-order chi connectivity index (χ1) is 10.3. The summed E-state index contributed by atoms with van der Waals surface area (Å²) in [6.07, 6.45) is 1.31. The van der Waals surface area contributed by atoms with E-state index in [9.17, 15) is 0 Å². The summed E-state index contributed by atoms with van der Waals surface area (Å²) < 4.78 is 0. The summed E-state index contributed by atoms with van der Waals surface area (Å²) in [6, 6.07) is 11.2. The van der Waals surface area contributed by atoms with Crippen molar-refractivity contribution in [1.82, 2.24) is 20.1 Å². The molecule has 3 fully saturated rings. The van der Waals surface area contributed by atoms with E-state index in [4.69, 9.17) is 5.73 Å². The first-order valence-corrected chi connectivity index (χ1v) is 7.48. The molecule has 6 heteroatoms. The average Bonchev–Trinajstić information content (AvgIpc) is 2.91. The quantitative estimate of drug-likeness (QED) is 0.788. The highest BCUT2D eigenvalue weighted by molar-refractivity contribution is 5.33. The van der Waals surface area contributed by atoms with Gasteiger partial charge in [-0.25, -0.2) is 5.10 Å². The van der Waals surface area contributed by atoms with Gasteiger partial charge in [0.05, 0.1) is 0 Å². The third-order valence-electron chi connectivity index (χ3n) is 4.65. The van der Waals surface area contributed by atoms with E-state index in [2.05, 4.69) is 55.7 Å². The molecule has 110 valence electrons. The molecule has 6 nitrogen and oxygen atoms in total. The predicted molar refractivity (Wildman–Crippen MR) is 81.5 cm³/mol. The Labute approximate surface area is 123 Å². The topological polar surface area (TPSA) is 82.9 Å². The molecule has 1 aromatic heterocycles. The van der Waals surface area contributed by atoms with Crippen molar-refractivity contribution < 1.29 is 0 Å². The van der Waals surface area contributed by atoms with Gasteiger partial charge in [0, 0.05) is 25.7 Å². The molecular formula is C15H20N6. The number of fused-ring (bicyclic) bond motifs is 2. The SMILES string of the molecule is Nc1nc(NC2C3CC2CN(Cc2ccccc2)C3)n[nH]1. The van der Waals surface area contributed by atoms with Crippen LogP contribution in [0.2, 0.25) is 0 Å². The van der Waals surface area contributed by atoms with Crippen molar-refractivity contribution in [3.8, 4) is 0 Å². The molecule has 0 amide bonds. The van der Waals surface area contributed by atoms with Crippen molar-refractivity contribution in [3.63, 3.8) is 0 Å². The maximum atomic E-state index is 5.56. The molecule has 5 rings (SSSR count). The van der Waals surface area contributed by atoms with Crippen LogP contribution < -0.4 is 11.1 Å². The fraction of sp³-hybridized carbons (Fsp3) is 0.467. The normalized spacial score (nSPS) is 28.1. The second-order valence-corrected chi connectivity index (χ2v) is 6.15. The van der Waals surface area contributed by atoms with E-state index in [-0.39, 0.29) is 0 Å². The van der Waals surface area contributed by atoms with Crippen LogP contribution in [0, 0.1) is 11.8 Å². The zero-order chi connectivity index (χ0) is 14.2. The van der Waals surface area contributed by atoms with Gasteiger partial charge in [0.2, 0.25) is 11.9 Å². The highest BCUT2D eigenvalue weighted by Gasteiger charge is 2.46. The number of rotatable bonds is 4. The molecule has 1 aliphatic carbocycles. The fourth-order valence-electron chi connectivity index (χ4n) is 3.68. The number of nitrogens with zero attached hydrogens (tertiary/aromatic N) is 3. The van der Waals surface area contributed by atoms with E-state index >= 15 is 0 Å². The van der Waals surface area contributed by atoms with Gasteiger partial charge in [-0.05, 0) is 23.8 Å². The molecule has 4 N–H and O–H groups in total. The summed E-state index contributed by atoms with van der Waals surface area (Å²) in [4.78, 5) is 6.69. The van der Waals surface area contributed by atoms with Crippen LogP contribution in [0.3, 0.4) is 0 Å². The van der Waals surface area contributed by atoms with Gasteiger partial charge >= 0.3 is 0 Å². The lowest BCUT2D eigenvalue weighted by Gasteiger charge is -2.53. The Morgan fingerprint density at radius 1 is 1.24 bits per heavy atom. The Kier molecular flexibility index (Phi) is 3.03. The van der Waals surface area contributed by atoms with Gasteiger partial charge in [0.25, 0.3) is 0 Å². The van der Waals surface area contributed by atoms with Gasteiger partial charge < -0.3 is 11.1 Å². The van der Waals surface area contributed by atoms with Crippen molar-refractivity contribution in [2.24, 2.45) is 11.8 Å².